The number of benzene rings is 1. The molecule has 96 valence electrons. The van der Waals surface area contributed by atoms with E-state index in [2.05, 4.69) is 22.8 Å². The van der Waals surface area contributed by atoms with Crippen molar-refractivity contribution in [3.05, 3.63) is 34.9 Å². The van der Waals surface area contributed by atoms with Gasteiger partial charge in [-0.25, -0.2) is 0 Å². The first-order valence-corrected chi connectivity index (χ1v) is 6.67. The Kier molecular flexibility index (Phi) is 3.30. The normalized spacial score (nSPS) is 19.4. The molecule has 1 aromatic carbocycles. The van der Waals surface area contributed by atoms with E-state index in [4.69, 9.17) is 0 Å². The van der Waals surface area contributed by atoms with E-state index in [9.17, 15) is 4.79 Å². The fourth-order valence-electron chi connectivity index (χ4n) is 2.66. The van der Waals surface area contributed by atoms with Gasteiger partial charge in [-0.3, -0.25) is 4.79 Å². The fraction of sp³-hybridized carbons (Fsp3) is 0.500. The Morgan fingerprint density at radius 1 is 1.06 bits per heavy atom. The van der Waals surface area contributed by atoms with Crippen LogP contribution in [0.15, 0.2) is 18.2 Å². The summed E-state index contributed by atoms with van der Waals surface area (Å²) in [6.07, 6.45) is 1.04. The average molecular weight is 245 g/mol. The molecule has 3 rings (SSSR count). The molecule has 0 aromatic heterocycles. The van der Waals surface area contributed by atoms with Gasteiger partial charge in [0, 0.05) is 38.3 Å². The maximum Gasteiger partial charge on any atom is 0.253 e. The summed E-state index contributed by atoms with van der Waals surface area (Å²) in [6, 6.07) is 6.10. The highest BCUT2D eigenvalue weighted by molar-refractivity contribution is 5.94. The minimum Gasteiger partial charge on any atom is -0.337 e. The molecule has 0 aliphatic carbocycles. The topological polar surface area (TPSA) is 44.4 Å². The first-order valence-electron chi connectivity index (χ1n) is 6.67. The van der Waals surface area contributed by atoms with Crippen LogP contribution < -0.4 is 10.6 Å². The molecule has 4 heteroatoms. The zero-order chi connectivity index (χ0) is 12.4. The van der Waals surface area contributed by atoms with Crippen LogP contribution in [0.2, 0.25) is 0 Å². The third-order valence-corrected chi connectivity index (χ3v) is 3.71. The highest BCUT2D eigenvalue weighted by atomic mass is 16.2. The molecule has 2 aliphatic heterocycles. The van der Waals surface area contributed by atoms with E-state index in [-0.39, 0.29) is 5.91 Å². The lowest BCUT2D eigenvalue weighted by atomic mass is 10.1. The van der Waals surface area contributed by atoms with Gasteiger partial charge in [0.05, 0.1) is 0 Å². The maximum absolute atomic E-state index is 12.4. The molecule has 0 saturated carbocycles. The molecule has 1 fully saturated rings. The van der Waals surface area contributed by atoms with Gasteiger partial charge in [-0.1, -0.05) is 6.07 Å². The fourth-order valence-corrected chi connectivity index (χ4v) is 2.66. The van der Waals surface area contributed by atoms with Crippen LogP contribution in [0.1, 0.15) is 27.9 Å². The Labute approximate surface area is 107 Å². The van der Waals surface area contributed by atoms with Gasteiger partial charge < -0.3 is 15.5 Å². The Morgan fingerprint density at radius 3 is 2.89 bits per heavy atom. The summed E-state index contributed by atoms with van der Waals surface area (Å²) in [5.74, 6) is 0.174. The van der Waals surface area contributed by atoms with Crippen molar-refractivity contribution < 1.29 is 4.79 Å². The second-order valence-corrected chi connectivity index (χ2v) is 4.98. The average Bonchev–Trinajstić information content (AvgIpc) is 2.69. The van der Waals surface area contributed by atoms with E-state index in [1.165, 1.54) is 11.1 Å². The van der Waals surface area contributed by atoms with E-state index >= 15 is 0 Å². The monoisotopic (exact) mass is 245 g/mol. The van der Waals surface area contributed by atoms with Gasteiger partial charge in [0.15, 0.2) is 0 Å². The molecule has 0 bridgehead atoms. The summed E-state index contributed by atoms with van der Waals surface area (Å²) in [5.41, 5.74) is 3.43. The van der Waals surface area contributed by atoms with Crippen LogP contribution in [0, 0.1) is 0 Å². The number of carbonyl (C=O) groups excluding carboxylic acids is 1. The van der Waals surface area contributed by atoms with Crippen molar-refractivity contribution in [2.45, 2.75) is 19.5 Å². The van der Waals surface area contributed by atoms with Crippen molar-refractivity contribution in [2.75, 3.05) is 26.2 Å². The number of nitrogens with zero attached hydrogens (tertiary/aromatic N) is 1. The molecule has 0 spiro atoms. The van der Waals surface area contributed by atoms with Crippen molar-refractivity contribution in [3.63, 3.8) is 0 Å². The minimum absolute atomic E-state index is 0.174. The summed E-state index contributed by atoms with van der Waals surface area (Å²) >= 11 is 0. The molecule has 18 heavy (non-hydrogen) atoms. The second-order valence-electron chi connectivity index (χ2n) is 4.98. The number of hydrogen-bond donors (Lipinski definition) is 2. The Hall–Kier alpha value is -1.39. The maximum atomic E-state index is 12.4. The predicted molar refractivity (Wildman–Crippen MR) is 70.4 cm³/mol. The lowest BCUT2D eigenvalue weighted by molar-refractivity contribution is 0.0766. The van der Waals surface area contributed by atoms with E-state index in [0.29, 0.717) is 0 Å². The standard InChI is InChI=1S/C14H19N3O/c18-14(17-6-1-4-15-5-7-17)11-2-3-12-9-16-10-13(12)8-11/h2-3,8,15-16H,1,4-7,9-10H2. The second kappa shape index (κ2) is 5.08. The van der Waals surface area contributed by atoms with Gasteiger partial charge in [-0.05, 0) is 36.2 Å². The van der Waals surface area contributed by atoms with Gasteiger partial charge in [-0.15, -0.1) is 0 Å². The molecule has 2 heterocycles. The van der Waals surface area contributed by atoms with Crippen LogP contribution in [0.3, 0.4) is 0 Å². The molecular formula is C14H19N3O. The van der Waals surface area contributed by atoms with E-state index in [1.807, 2.05) is 11.0 Å². The number of rotatable bonds is 1. The van der Waals surface area contributed by atoms with Crippen molar-refractivity contribution in [2.24, 2.45) is 0 Å². The van der Waals surface area contributed by atoms with Crippen molar-refractivity contribution in [1.29, 1.82) is 0 Å². The van der Waals surface area contributed by atoms with Gasteiger partial charge in [0.2, 0.25) is 0 Å². The lowest BCUT2D eigenvalue weighted by Gasteiger charge is -2.20. The molecule has 1 amide bonds. The molecule has 0 radical (unpaired) electrons. The van der Waals surface area contributed by atoms with E-state index in [0.717, 1.165) is 51.3 Å². The zero-order valence-corrected chi connectivity index (χ0v) is 10.5. The molecule has 2 N–H and O–H groups in total. The van der Waals surface area contributed by atoms with Gasteiger partial charge in [0.1, 0.15) is 0 Å². The third kappa shape index (κ3) is 2.26. The molecule has 4 nitrogen and oxygen atoms in total. The quantitative estimate of drug-likeness (QED) is 0.766. The van der Waals surface area contributed by atoms with Crippen LogP contribution >= 0.6 is 0 Å². The molecule has 2 aliphatic rings. The molecular weight excluding hydrogens is 226 g/mol. The molecule has 1 aromatic rings. The smallest absolute Gasteiger partial charge is 0.253 e. The van der Waals surface area contributed by atoms with Crippen LogP contribution in [0.25, 0.3) is 0 Å². The predicted octanol–water partition coefficient (Wildman–Crippen LogP) is 0.725. The highest BCUT2D eigenvalue weighted by Gasteiger charge is 2.19. The number of amides is 1. The number of fused-ring (bicyclic) bond motifs is 1. The summed E-state index contributed by atoms with van der Waals surface area (Å²) in [6.45, 7) is 5.40. The minimum atomic E-state index is 0.174. The Bertz CT molecular complexity index is 450. The zero-order valence-electron chi connectivity index (χ0n) is 10.5. The summed E-state index contributed by atoms with van der Waals surface area (Å²) in [7, 11) is 0. The summed E-state index contributed by atoms with van der Waals surface area (Å²) in [5, 5.41) is 6.63. The molecule has 1 saturated heterocycles. The van der Waals surface area contributed by atoms with Crippen LogP contribution in [-0.4, -0.2) is 37.0 Å². The third-order valence-electron chi connectivity index (χ3n) is 3.71. The number of carbonyl (C=O) groups is 1. The first-order chi connectivity index (χ1) is 8.84. The number of nitrogens with one attached hydrogen (secondary N) is 2. The number of hydrogen-bond acceptors (Lipinski definition) is 3. The van der Waals surface area contributed by atoms with Crippen molar-refractivity contribution in [1.82, 2.24) is 15.5 Å². The van der Waals surface area contributed by atoms with Crippen LogP contribution in [0.4, 0.5) is 0 Å². The van der Waals surface area contributed by atoms with Crippen molar-refractivity contribution >= 4 is 5.91 Å². The van der Waals surface area contributed by atoms with Gasteiger partial charge >= 0.3 is 0 Å². The first kappa shape index (κ1) is 11.7. The van der Waals surface area contributed by atoms with E-state index in [1.54, 1.807) is 0 Å². The largest absolute Gasteiger partial charge is 0.337 e. The lowest BCUT2D eigenvalue weighted by Crippen LogP contribution is -2.34. The summed E-state index contributed by atoms with van der Waals surface area (Å²) < 4.78 is 0. The van der Waals surface area contributed by atoms with Crippen LogP contribution in [0.5, 0.6) is 0 Å². The molecule has 0 atom stereocenters. The van der Waals surface area contributed by atoms with Crippen LogP contribution in [-0.2, 0) is 13.1 Å². The Balaban J connectivity index is 1.79. The SMILES string of the molecule is O=C(c1ccc2c(c1)CNC2)N1CCCNCC1. The highest BCUT2D eigenvalue weighted by Crippen LogP contribution is 2.18. The van der Waals surface area contributed by atoms with E-state index < -0.39 is 0 Å². The van der Waals surface area contributed by atoms with Gasteiger partial charge in [-0.2, -0.15) is 0 Å². The summed E-state index contributed by atoms with van der Waals surface area (Å²) in [4.78, 5) is 14.4. The Morgan fingerprint density at radius 2 is 1.94 bits per heavy atom. The molecule has 0 unspecified atom stereocenters. The van der Waals surface area contributed by atoms with Crippen molar-refractivity contribution in [3.8, 4) is 0 Å². The van der Waals surface area contributed by atoms with Gasteiger partial charge in [0.25, 0.3) is 5.91 Å².